The Hall–Kier alpha value is -3.92. The van der Waals surface area contributed by atoms with Gasteiger partial charge in [0.15, 0.2) is 27.0 Å². The van der Waals surface area contributed by atoms with Crippen LogP contribution in [0.4, 0.5) is 5.69 Å². The predicted octanol–water partition coefficient (Wildman–Crippen LogP) is 4.31. The molecular weight excluding hydrogens is 492 g/mol. The maximum absolute atomic E-state index is 13.7. The Balaban J connectivity index is 1.47. The molecule has 1 unspecified atom stereocenters. The van der Waals surface area contributed by atoms with Gasteiger partial charge in [-0.2, -0.15) is 5.10 Å². The van der Waals surface area contributed by atoms with Gasteiger partial charge in [-0.15, -0.1) is 0 Å². The summed E-state index contributed by atoms with van der Waals surface area (Å²) in [5.41, 5.74) is 4.79. The van der Waals surface area contributed by atoms with E-state index in [1.54, 1.807) is 28.9 Å². The van der Waals surface area contributed by atoms with Gasteiger partial charge in [-0.25, -0.2) is 18.1 Å². The van der Waals surface area contributed by atoms with Crippen molar-refractivity contribution in [2.24, 2.45) is 0 Å². The van der Waals surface area contributed by atoms with Gasteiger partial charge in [-0.1, -0.05) is 31.2 Å². The Labute approximate surface area is 214 Å². The molecule has 0 saturated carbocycles. The number of nitrogens with one attached hydrogen (secondary N) is 1. The van der Waals surface area contributed by atoms with E-state index in [1.165, 1.54) is 5.56 Å². The van der Waals surface area contributed by atoms with Crippen molar-refractivity contribution in [1.82, 2.24) is 14.8 Å². The average Bonchev–Trinajstić information content (AvgIpc) is 3.60. The standard InChI is InChI=1S/C27H26N4O5S/c1-3-17-4-6-18(7-5-17)22-13-21(27(32)28-19-8-9-23-24(12-19)36-15-35-23)25-16(2)30-31(26(25)29-22)20-10-11-37(33,34)14-20/h4-9,12-13,20H,3,10-11,14-15H2,1-2H3,(H,28,32). The molecule has 9 nitrogen and oxygen atoms in total. The quantitative estimate of drug-likeness (QED) is 0.419. The molecule has 1 fully saturated rings. The van der Waals surface area contributed by atoms with E-state index in [0.717, 1.165) is 12.0 Å². The van der Waals surface area contributed by atoms with Crippen molar-refractivity contribution >= 4 is 32.5 Å². The topological polar surface area (TPSA) is 112 Å². The van der Waals surface area contributed by atoms with Crippen LogP contribution in [0.15, 0.2) is 48.5 Å². The molecule has 2 aromatic heterocycles. The van der Waals surface area contributed by atoms with Gasteiger partial charge in [0.1, 0.15) is 0 Å². The Bertz CT molecular complexity index is 1640. The van der Waals surface area contributed by atoms with E-state index in [4.69, 9.17) is 14.5 Å². The summed E-state index contributed by atoms with van der Waals surface area (Å²) in [6.07, 6.45) is 1.38. The van der Waals surface area contributed by atoms with E-state index >= 15 is 0 Å². The second-order valence-corrected chi connectivity index (χ2v) is 11.6. The van der Waals surface area contributed by atoms with Crippen LogP contribution in [-0.2, 0) is 16.3 Å². The van der Waals surface area contributed by atoms with Crippen LogP contribution >= 0.6 is 0 Å². The molecule has 1 saturated heterocycles. The molecule has 37 heavy (non-hydrogen) atoms. The zero-order valence-corrected chi connectivity index (χ0v) is 21.3. The SMILES string of the molecule is CCc1ccc(-c2cc(C(=O)Nc3ccc4c(c3)OCO4)c3c(C)nn(C4CCS(=O)(=O)C4)c3n2)cc1. The maximum Gasteiger partial charge on any atom is 0.256 e. The Morgan fingerprint density at radius 3 is 2.62 bits per heavy atom. The second kappa shape index (κ2) is 8.88. The maximum atomic E-state index is 13.7. The number of sulfone groups is 1. The number of amides is 1. The van der Waals surface area contributed by atoms with E-state index in [-0.39, 0.29) is 30.2 Å². The Kier molecular flexibility index (Phi) is 5.63. The molecule has 10 heteroatoms. The number of carbonyl (C=O) groups is 1. The van der Waals surface area contributed by atoms with Gasteiger partial charge in [-0.05, 0) is 43.5 Å². The fraction of sp³-hybridized carbons (Fsp3) is 0.296. The molecule has 4 aromatic rings. The van der Waals surface area contributed by atoms with Crippen LogP contribution in [0.25, 0.3) is 22.3 Å². The third-order valence-electron chi connectivity index (χ3n) is 6.92. The first-order chi connectivity index (χ1) is 17.8. The Morgan fingerprint density at radius 2 is 1.89 bits per heavy atom. The summed E-state index contributed by atoms with van der Waals surface area (Å²) in [7, 11) is -3.14. The molecule has 1 N–H and O–H groups in total. The summed E-state index contributed by atoms with van der Waals surface area (Å²) >= 11 is 0. The van der Waals surface area contributed by atoms with Crippen molar-refractivity contribution in [1.29, 1.82) is 0 Å². The zero-order valence-electron chi connectivity index (χ0n) is 20.5. The first-order valence-electron chi connectivity index (χ1n) is 12.2. The molecule has 0 radical (unpaired) electrons. The average molecular weight is 519 g/mol. The molecule has 2 aromatic carbocycles. The van der Waals surface area contributed by atoms with E-state index in [0.29, 0.717) is 51.6 Å². The van der Waals surface area contributed by atoms with Crippen molar-refractivity contribution in [3.05, 3.63) is 65.4 Å². The molecule has 2 aliphatic heterocycles. The van der Waals surface area contributed by atoms with Crippen molar-refractivity contribution in [2.75, 3.05) is 23.6 Å². The lowest BCUT2D eigenvalue weighted by molar-refractivity contribution is 0.102. The fourth-order valence-corrected chi connectivity index (χ4v) is 6.64. The molecule has 0 spiro atoms. The van der Waals surface area contributed by atoms with Crippen molar-refractivity contribution in [3.8, 4) is 22.8 Å². The minimum atomic E-state index is -3.14. The summed E-state index contributed by atoms with van der Waals surface area (Å²) in [5.74, 6) is 1.01. The minimum Gasteiger partial charge on any atom is -0.454 e. The number of fused-ring (bicyclic) bond motifs is 2. The molecule has 1 amide bonds. The van der Waals surface area contributed by atoms with Crippen LogP contribution in [0.1, 0.15) is 41.0 Å². The van der Waals surface area contributed by atoms with Crippen molar-refractivity contribution < 1.29 is 22.7 Å². The molecule has 4 heterocycles. The second-order valence-electron chi connectivity index (χ2n) is 9.41. The molecule has 190 valence electrons. The number of benzene rings is 2. The smallest absolute Gasteiger partial charge is 0.256 e. The van der Waals surface area contributed by atoms with Crippen LogP contribution in [0.2, 0.25) is 0 Å². The highest BCUT2D eigenvalue weighted by atomic mass is 32.2. The highest BCUT2D eigenvalue weighted by Gasteiger charge is 2.32. The first-order valence-corrected chi connectivity index (χ1v) is 14.0. The van der Waals surface area contributed by atoms with Crippen molar-refractivity contribution in [3.63, 3.8) is 0 Å². The summed E-state index contributed by atoms with van der Waals surface area (Å²) in [6.45, 7) is 4.05. The predicted molar refractivity (Wildman–Crippen MR) is 140 cm³/mol. The number of anilines is 1. The lowest BCUT2D eigenvalue weighted by atomic mass is 10.0. The van der Waals surface area contributed by atoms with E-state index in [1.807, 2.05) is 31.2 Å². The fourth-order valence-electron chi connectivity index (χ4n) is 4.95. The van der Waals surface area contributed by atoms with Gasteiger partial charge < -0.3 is 14.8 Å². The number of aryl methyl sites for hydroxylation is 2. The first kappa shape index (κ1) is 23.5. The highest BCUT2D eigenvalue weighted by Crippen LogP contribution is 2.36. The molecule has 2 aliphatic rings. The molecule has 1 atom stereocenters. The number of rotatable bonds is 5. The summed E-state index contributed by atoms with van der Waals surface area (Å²) in [4.78, 5) is 18.6. The van der Waals surface area contributed by atoms with Crippen LogP contribution in [-0.4, -0.2) is 47.4 Å². The third-order valence-corrected chi connectivity index (χ3v) is 8.67. The largest absolute Gasteiger partial charge is 0.454 e. The lowest BCUT2D eigenvalue weighted by Crippen LogP contribution is -2.15. The summed E-state index contributed by atoms with van der Waals surface area (Å²) in [5, 5.41) is 8.24. The monoisotopic (exact) mass is 518 g/mol. The third kappa shape index (κ3) is 4.31. The van der Waals surface area contributed by atoms with Crippen LogP contribution < -0.4 is 14.8 Å². The summed E-state index contributed by atoms with van der Waals surface area (Å²) in [6, 6.07) is 14.7. The van der Waals surface area contributed by atoms with Crippen LogP contribution in [0, 0.1) is 6.92 Å². The number of aromatic nitrogens is 3. The van der Waals surface area contributed by atoms with E-state index < -0.39 is 9.84 Å². The van der Waals surface area contributed by atoms with Gasteiger partial charge >= 0.3 is 0 Å². The molecule has 6 rings (SSSR count). The normalized spacial score (nSPS) is 17.8. The lowest BCUT2D eigenvalue weighted by Gasteiger charge is -2.13. The number of nitrogens with zero attached hydrogens (tertiary/aromatic N) is 3. The van der Waals surface area contributed by atoms with Gasteiger partial charge in [0.2, 0.25) is 6.79 Å². The minimum absolute atomic E-state index is 0.0129. The van der Waals surface area contributed by atoms with Gasteiger partial charge in [0.25, 0.3) is 5.91 Å². The molecule has 0 aliphatic carbocycles. The number of hydrogen-bond acceptors (Lipinski definition) is 7. The zero-order chi connectivity index (χ0) is 25.7. The Morgan fingerprint density at radius 1 is 1.11 bits per heavy atom. The highest BCUT2D eigenvalue weighted by molar-refractivity contribution is 7.91. The number of hydrogen-bond donors (Lipinski definition) is 1. The van der Waals surface area contributed by atoms with Crippen molar-refractivity contribution in [2.45, 2.75) is 32.7 Å². The van der Waals surface area contributed by atoms with Gasteiger partial charge in [-0.3, -0.25) is 4.79 Å². The number of ether oxygens (including phenoxy) is 2. The van der Waals surface area contributed by atoms with Gasteiger partial charge in [0, 0.05) is 17.3 Å². The summed E-state index contributed by atoms with van der Waals surface area (Å²) < 4.78 is 36.9. The van der Waals surface area contributed by atoms with E-state index in [2.05, 4.69) is 17.3 Å². The van der Waals surface area contributed by atoms with E-state index in [9.17, 15) is 13.2 Å². The number of pyridine rings is 1. The van der Waals surface area contributed by atoms with Crippen LogP contribution in [0.3, 0.4) is 0 Å². The molecular formula is C27H26N4O5S. The van der Waals surface area contributed by atoms with Gasteiger partial charge in [0.05, 0.1) is 39.9 Å². The van der Waals surface area contributed by atoms with Crippen LogP contribution in [0.5, 0.6) is 11.5 Å². The number of carbonyl (C=O) groups excluding carboxylic acids is 1. The molecule has 0 bridgehead atoms.